The highest BCUT2D eigenvalue weighted by atomic mass is 32.2. The SMILES string of the molecule is CSCCC1(CN)CCCCCC1. The van der Waals surface area contributed by atoms with Gasteiger partial charge in [-0.05, 0) is 43.2 Å². The molecule has 0 bridgehead atoms. The smallest absolute Gasteiger partial charge is 0.00202 e. The molecule has 0 amide bonds. The van der Waals surface area contributed by atoms with Crippen molar-refractivity contribution in [1.29, 1.82) is 0 Å². The van der Waals surface area contributed by atoms with Crippen LogP contribution in [0.1, 0.15) is 44.9 Å². The first-order chi connectivity index (χ1) is 6.33. The Morgan fingerprint density at radius 3 is 2.23 bits per heavy atom. The van der Waals surface area contributed by atoms with Crippen molar-refractivity contribution in [3.8, 4) is 0 Å². The van der Waals surface area contributed by atoms with Gasteiger partial charge in [0, 0.05) is 0 Å². The second-order valence-corrected chi connectivity index (χ2v) is 5.35. The second-order valence-electron chi connectivity index (χ2n) is 4.36. The summed E-state index contributed by atoms with van der Waals surface area (Å²) in [5.74, 6) is 1.29. The van der Waals surface area contributed by atoms with Crippen molar-refractivity contribution in [2.45, 2.75) is 44.9 Å². The Morgan fingerprint density at radius 1 is 1.15 bits per heavy atom. The molecule has 0 aliphatic heterocycles. The summed E-state index contributed by atoms with van der Waals surface area (Å²) in [6, 6.07) is 0. The molecule has 1 rings (SSSR count). The third-order valence-corrected chi connectivity index (χ3v) is 4.05. The van der Waals surface area contributed by atoms with Crippen LogP contribution in [0.2, 0.25) is 0 Å². The Labute approximate surface area is 86.8 Å². The van der Waals surface area contributed by atoms with Crippen molar-refractivity contribution < 1.29 is 0 Å². The van der Waals surface area contributed by atoms with Crippen molar-refractivity contribution in [2.75, 3.05) is 18.6 Å². The molecule has 0 saturated heterocycles. The molecule has 0 spiro atoms. The van der Waals surface area contributed by atoms with Crippen molar-refractivity contribution in [3.05, 3.63) is 0 Å². The lowest BCUT2D eigenvalue weighted by Crippen LogP contribution is -2.30. The average molecular weight is 201 g/mol. The Balaban J connectivity index is 2.43. The summed E-state index contributed by atoms with van der Waals surface area (Å²) in [5.41, 5.74) is 6.45. The van der Waals surface area contributed by atoms with E-state index in [-0.39, 0.29) is 0 Å². The molecule has 1 nitrogen and oxygen atoms in total. The van der Waals surface area contributed by atoms with E-state index in [1.807, 2.05) is 11.8 Å². The molecule has 0 aromatic carbocycles. The van der Waals surface area contributed by atoms with Crippen LogP contribution in [0.25, 0.3) is 0 Å². The summed E-state index contributed by atoms with van der Waals surface area (Å²) in [7, 11) is 0. The third kappa shape index (κ3) is 3.51. The van der Waals surface area contributed by atoms with Gasteiger partial charge in [0.15, 0.2) is 0 Å². The summed E-state index contributed by atoms with van der Waals surface area (Å²) in [5, 5.41) is 0. The first-order valence-corrected chi connectivity index (χ1v) is 6.91. The minimum atomic E-state index is 0.513. The van der Waals surface area contributed by atoms with E-state index in [0.29, 0.717) is 5.41 Å². The fourth-order valence-electron chi connectivity index (χ4n) is 2.35. The maximum atomic E-state index is 5.94. The molecular weight excluding hydrogens is 178 g/mol. The molecular formula is C11H23NS. The highest BCUT2D eigenvalue weighted by Gasteiger charge is 2.28. The highest BCUT2D eigenvalue weighted by Crippen LogP contribution is 2.37. The van der Waals surface area contributed by atoms with Gasteiger partial charge in [0.2, 0.25) is 0 Å². The summed E-state index contributed by atoms with van der Waals surface area (Å²) in [4.78, 5) is 0. The van der Waals surface area contributed by atoms with Crippen molar-refractivity contribution in [1.82, 2.24) is 0 Å². The van der Waals surface area contributed by atoms with Gasteiger partial charge in [-0.15, -0.1) is 0 Å². The average Bonchev–Trinajstić information content (AvgIpc) is 2.41. The topological polar surface area (TPSA) is 26.0 Å². The quantitative estimate of drug-likeness (QED) is 0.708. The van der Waals surface area contributed by atoms with Gasteiger partial charge in [-0.3, -0.25) is 0 Å². The van der Waals surface area contributed by atoms with Crippen LogP contribution in [0, 0.1) is 5.41 Å². The summed E-state index contributed by atoms with van der Waals surface area (Å²) < 4.78 is 0. The molecule has 1 aliphatic rings. The standard InChI is InChI=1S/C11H23NS/c1-13-9-8-11(10-12)6-4-2-3-5-7-11/h2-10,12H2,1H3. The fourth-order valence-corrected chi connectivity index (χ4v) is 2.99. The molecule has 0 heterocycles. The van der Waals surface area contributed by atoms with Gasteiger partial charge in [0.25, 0.3) is 0 Å². The van der Waals surface area contributed by atoms with Crippen LogP contribution >= 0.6 is 11.8 Å². The molecule has 2 N–H and O–H groups in total. The van der Waals surface area contributed by atoms with Gasteiger partial charge in [0.05, 0.1) is 0 Å². The van der Waals surface area contributed by atoms with E-state index in [2.05, 4.69) is 6.26 Å². The lowest BCUT2D eigenvalue weighted by atomic mass is 9.78. The highest BCUT2D eigenvalue weighted by molar-refractivity contribution is 7.98. The zero-order valence-electron chi connectivity index (χ0n) is 8.85. The summed E-state index contributed by atoms with van der Waals surface area (Å²) in [6.07, 6.45) is 12.0. The number of hydrogen-bond acceptors (Lipinski definition) is 2. The molecule has 1 fully saturated rings. The lowest BCUT2D eigenvalue weighted by Gasteiger charge is -2.31. The van der Waals surface area contributed by atoms with E-state index in [4.69, 9.17) is 5.73 Å². The molecule has 0 aromatic heterocycles. The van der Waals surface area contributed by atoms with Crippen LogP contribution in [0.5, 0.6) is 0 Å². The lowest BCUT2D eigenvalue weighted by molar-refractivity contribution is 0.246. The van der Waals surface area contributed by atoms with Crippen molar-refractivity contribution in [3.63, 3.8) is 0 Å². The maximum absolute atomic E-state index is 5.94. The van der Waals surface area contributed by atoms with E-state index < -0.39 is 0 Å². The van der Waals surface area contributed by atoms with Gasteiger partial charge in [-0.2, -0.15) is 11.8 Å². The van der Waals surface area contributed by atoms with Crippen LogP contribution in [0.4, 0.5) is 0 Å². The summed E-state index contributed by atoms with van der Waals surface area (Å²) >= 11 is 1.96. The number of rotatable bonds is 4. The number of nitrogens with two attached hydrogens (primary N) is 1. The first-order valence-electron chi connectivity index (χ1n) is 5.52. The van der Waals surface area contributed by atoms with E-state index in [0.717, 1.165) is 6.54 Å². The molecule has 78 valence electrons. The Kier molecular flexibility index (Phi) is 5.18. The van der Waals surface area contributed by atoms with Crippen LogP contribution in [-0.2, 0) is 0 Å². The predicted octanol–water partition coefficient (Wildman–Crippen LogP) is 3.04. The van der Waals surface area contributed by atoms with E-state index in [9.17, 15) is 0 Å². The zero-order chi connectivity index (χ0) is 9.57. The fraction of sp³-hybridized carbons (Fsp3) is 1.00. The van der Waals surface area contributed by atoms with Crippen molar-refractivity contribution in [2.24, 2.45) is 11.1 Å². The molecule has 0 atom stereocenters. The largest absolute Gasteiger partial charge is 0.330 e. The zero-order valence-corrected chi connectivity index (χ0v) is 9.67. The molecule has 2 heteroatoms. The van der Waals surface area contributed by atoms with Gasteiger partial charge >= 0.3 is 0 Å². The normalized spacial score (nSPS) is 22.6. The number of hydrogen-bond donors (Lipinski definition) is 1. The van der Waals surface area contributed by atoms with E-state index in [1.165, 1.54) is 50.7 Å². The first kappa shape index (κ1) is 11.4. The molecule has 13 heavy (non-hydrogen) atoms. The van der Waals surface area contributed by atoms with Crippen molar-refractivity contribution >= 4 is 11.8 Å². The number of thioether (sulfide) groups is 1. The third-order valence-electron chi connectivity index (χ3n) is 3.43. The monoisotopic (exact) mass is 201 g/mol. The predicted molar refractivity (Wildman–Crippen MR) is 62.2 cm³/mol. The molecule has 0 unspecified atom stereocenters. The van der Waals surface area contributed by atoms with Gasteiger partial charge < -0.3 is 5.73 Å². The van der Waals surface area contributed by atoms with Crippen LogP contribution in [0.3, 0.4) is 0 Å². The van der Waals surface area contributed by atoms with Crippen LogP contribution in [-0.4, -0.2) is 18.6 Å². The minimum absolute atomic E-state index is 0.513. The maximum Gasteiger partial charge on any atom is -0.00202 e. The summed E-state index contributed by atoms with van der Waals surface area (Å²) in [6.45, 7) is 0.910. The molecule has 1 saturated carbocycles. The van der Waals surface area contributed by atoms with Crippen LogP contribution in [0.15, 0.2) is 0 Å². The molecule has 1 aliphatic carbocycles. The second kappa shape index (κ2) is 5.92. The Hall–Kier alpha value is 0.310. The minimum Gasteiger partial charge on any atom is -0.330 e. The van der Waals surface area contributed by atoms with E-state index >= 15 is 0 Å². The Morgan fingerprint density at radius 2 is 1.77 bits per heavy atom. The Bertz CT molecular complexity index is 128. The van der Waals surface area contributed by atoms with E-state index in [1.54, 1.807) is 0 Å². The van der Waals surface area contributed by atoms with Gasteiger partial charge in [-0.25, -0.2) is 0 Å². The van der Waals surface area contributed by atoms with Gasteiger partial charge in [-0.1, -0.05) is 25.7 Å². The van der Waals surface area contributed by atoms with Gasteiger partial charge in [0.1, 0.15) is 0 Å². The van der Waals surface area contributed by atoms with Crippen LogP contribution < -0.4 is 5.73 Å². The molecule has 0 radical (unpaired) electrons. The molecule has 0 aromatic rings.